The van der Waals surface area contributed by atoms with Crippen molar-refractivity contribution in [3.8, 4) is 0 Å². The van der Waals surface area contributed by atoms with Gasteiger partial charge in [-0.05, 0) is 43.7 Å². The molecule has 3 rings (SSSR count). The number of benzene rings is 1. The quantitative estimate of drug-likeness (QED) is 0.333. The van der Waals surface area contributed by atoms with E-state index in [0.29, 0.717) is 28.6 Å². The van der Waals surface area contributed by atoms with Gasteiger partial charge < -0.3 is 16.0 Å². The Kier molecular flexibility index (Phi) is 7.97. The van der Waals surface area contributed by atoms with Crippen molar-refractivity contribution >= 4 is 39.2 Å². The van der Waals surface area contributed by atoms with Crippen molar-refractivity contribution in [3.63, 3.8) is 0 Å². The first-order valence-corrected chi connectivity index (χ1v) is 12.3. The standard InChI is InChI=1S/C22H24F3N7O3S/c1-4-36(34,35)32-18-15(6-5-9-27-18)11-28-19-16(22(23,24)25)12-29-21(31-19)30-17-8-7-14(10-13(17)2)20(33)26-3/h5-10,12H,4,11H2,1-3H3,(H,26,33)(H,27,32)(H2,28,29,30,31). The topological polar surface area (TPSA) is 138 Å². The van der Waals surface area contributed by atoms with Crippen molar-refractivity contribution < 1.29 is 26.4 Å². The van der Waals surface area contributed by atoms with E-state index in [1.807, 2.05) is 0 Å². The number of nitrogens with one attached hydrogen (secondary N) is 4. The molecule has 192 valence electrons. The maximum absolute atomic E-state index is 13.6. The number of amides is 1. The molecule has 3 aromatic rings. The molecule has 10 nitrogen and oxygen atoms in total. The second-order valence-corrected chi connectivity index (χ2v) is 9.57. The SMILES string of the molecule is CCS(=O)(=O)Nc1ncccc1CNc1nc(Nc2ccc(C(=O)NC)cc2C)ncc1C(F)(F)F. The fourth-order valence-corrected chi connectivity index (χ4v) is 3.69. The van der Waals surface area contributed by atoms with E-state index in [9.17, 15) is 26.4 Å². The summed E-state index contributed by atoms with van der Waals surface area (Å²) >= 11 is 0. The minimum Gasteiger partial charge on any atom is -0.365 e. The molecule has 2 heterocycles. The van der Waals surface area contributed by atoms with Crippen LogP contribution in [0.15, 0.2) is 42.7 Å². The Hall–Kier alpha value is -3.94. The molecule has 0 aliphatic heterocycles. The number of carbonyl (C=O) groups excluding carboxylic acids is 1. The second kappa shape index (κ2) is 10.8. The van der Waals surface area contributed by atoms with E-state index in [1.54, 1.807) is 25.1 Å². The van der Waals surface area contributed by atoms with E-state index < -0.39 is 27.6 Å². The average Bonchev–Trinajstić information content (AvgIpc) is 2.83. The van der Waals surface area contributed by atoms with E-state index >= 15 is 0 Å². The summed E-state index contributed by atoms with van der Waals surface area (Å²) in [6.07, 6.45) is -2.73. The summed E-state index contributed by atoms with van der Waals surface area (Å²) in [6.45, 7) is 2.97. The number of alkyl halides is 3. The average molecular weight is 524 g/mol. The first-order valence-electron chi connectivity index (χ1n) is 10.7. The molecule has 0 radical (unpaired) electrons. The van der Waals surface area contributed by atoms with E-state index in [0.717, 1.165) is 0 Å². The monoisotopic (exact) mass is 523 g/mol. The van der Waals surface area contributed by atoms with Gasteiger partial charge in [0.2, 0.25) is 16.0 Å². The fourth-order valence-electron chi connectivity index (χ4n) is 3.07. The Morgan fingerprint density at radius 1 is 1.11 bits per heavy atom. The van der Waals surface area contributed by atoms with Gasteiger partial charge in [-0.1, -0.05) is 6.07 Å². The van der Waals surface area contributed by atoms with E-state index in [-0.39, 0.29) is 30.0 Å². The van der Waals surface area contributed by atoms with Gasteiger partial charge in [0.15, 0.2) is 0 Å². The minimum absolute atomic E-state index is 0.000330. The van der Waals surface area contributed by atoms with Crippen LogP contribution in [0.3, 0.4) is 0 Å². The summed E-state index contributed by atoms with van der Waals surface area (Å²) < 4.78 is 67.0. The molecule has 2 aromatic heterocycles. The Balaban J connectivity index is 1.89. The van der Waals surface area contributed by atoms with Crippen LogP contribution >= 0.6 is 0 Å². The zero-order chi connectivity index (χ0) is 26.5. The van der Waals surface area contributed by atoms with Crippen LogP contribution in [0.4, 0.5) is 36.4 Å². The third-order valence-corrected chi connectivity index (χ3v) is 6.29. The Labute approximate surface area is 205 Å². The lowest BCUT2D eigenvalue weighted by atomic mass is 10.1. The molecule has 1 aromatic carbocycles. The molecular formula is C22H24F3N7O3S. The predicted molar refractivity (Wildman–Crippen MR) is 130 cm³/mol. The van der Waals surface area contributed by atoms with Crippen LogP contribution in [0, 0.1) is 6.92 Å². The van der Waals surface area contributed by atoms with Crippen LogP contribution in [-0.2, 0) is 22.7 Å². The number of aryl methyl sites for hydroxylation is 1. The molecule has 0 aliphatic carbocycles. The van der Waals surface area contributed by atoms with Crippen molar-refractivity contribution in [1.82, 2.24) is 20.3 Å². The highest BCUT2D eigenvalue weighted by Crippen LogP contribution is 2.34. The fraction of sp³-hybridized carbons (Fsp3) is 0.273. The van der Waals surface area contributed by atoms with Gasteiger partial charge in [0.1, 0.15) is 17.2 Å². The number of nitrogens with zero attached hydrogens (tertiary/aromatic N) is 3. The van der Waals surface area contributed by atoms with E-state index in [1.165, 1.54) is 32.3 Å². The molecule has 0 unspecified atom stereocenters. The number of rotatable bonds is 9. The number of halogens is 3. The third-order valence-electron chi connectivity index (χ3n) is 5.03. The smallest absolute Gasteiger partial charge is 0.365 e. The van der Waals surface area contributed by atoms with Gasteiger partial charge in [0, 0.05) is 42.8 Å². The molecule has 0 saturated heterocycles. The van der Waals surface area contributed by atoms with Crippen molar-refractivity contribution in [1.29, 1.82) is 0 Å². The van der Waals surface area contributed by atoms with Crippen molar-refractivity contribution in [2.75, 3.05) is 28.2 Å². The van der Waals surface area contributed by atoms with Crippen LogP contribution in [0.1, 0.15) is 34.0 Å². The summed E-state index contributed by atoms with van der Waals surface area (Å²) in [5.41, 5.74) is 0.784. The molecule has 0 bridgehead atoms. The highest BCUT2D eigenvalue weighted by molar-refractivity contribution is 7.92. The lowest BCUT2D eigenvalue weighted by molar-refractivity contribution is -0.137. The van der Waals surface area contributed by atoms with Gasteiger partial charge in [0.25, 0.3) is 5.91 Å². The Morgan fingerprint density at radius 3 is 2.50 bits per heavy atom. The second-order valence-electron chi connectivity index (χ2n) is 7.56. The number of hydrogen-bond acceptors (Lipinski definition) is 8. The molecule has 14 heteroatoms. The summed E-state index contributed by atoms with van der Waals surface area (Å²) in [7, 11) is -2.14. The summed E-state index contributed by atoms with van der Waals surface area (Å²) in [5, 5.41) is 7.98. The first-order chi connectivity index (χ1) is 16.9. The zero-order valence-electron chi connectivity index (χ0n) is 19.6. The number of aromatic nitrogens is 3. The third kappa shape index (κ3) is 6.59. The van der Waals surface area contributed by atoms with Crippen molar-refractivity contribution in [2.45, 2.75) is 26.6 Å². The highest BCUT2D eigenvalue weighted by atomic mass is 32.2. The molecule has 0 atom stereocenters. The molecule has 0 fully saturated rings. The van der Waals surface area contributed by atoms with Gasteiger partial charge >= 0.3 is 6.18 Å². The van der Waals surface area contributed by atoms with Crippen molar-refractivity contribution in [2.24, 2.45) is 0 Å². The van der Waals surface area contributed by atoms with Crippen LogP contribution < -0.4 is 20.7 Å². The maximum Gasteiger partial charge on any atom is 0.421 e. The highest BCUT2D eigenvalue weighted by Gasteiger charge is 2.35. The molecule has 1 amide bonds. The number of carbonyl (C=O) groups is 1. The summed E-state index contributed by atoms with van der Waals surface area (Å²) in [4.78, 5) is 23.6. The lowest BCUT2D eigenvalue weighted by Gasteiger charge is -2.16. The van der Waals surface area contributed by atoms with E-state index in [2.05, 4.69) is 35.6 Å². The number of hydrogen-bond donors (Lipinski definition) is 4. The maximum atomic E-state index is 13.6. The molecule has 4 N–H and O–H groups in total. The molecular weight excluding hydrogens is 499 g/mol. The van der Waals surface area contributed by atoms with Crippen molar-refractivity contribution in [3.05, 3.63) is 65.0 Å². The number of pyridine rings is 1. The zero-order valence-corrected chi connectivity index (χ0v) is 20.4. The Bertz CT molecular complexity index is 1370. The predicted octanol–water partition coefficient (Wildman–Crippen LogP) is 3.68. The van der Waals surface area contributed by atoms with Crippen LogP contribution in [0.25, 0.3) is 0 Å². The molecule has 0 saturated carbocycles. The lowest BCUT2D eigenvalue weighted by Crippen LogP contribution is -2.18. The normalized spacial score (nSPS) is 11.6. The Morgan fingerprint density at radius 2 is 1.86 bits per heavy atom. The summed E-state index contributed by atoms with van der Waals surface area (Å²) in [5.74, 6) is -1.09. The van der Waals surface area contributed by atoms with Gasteiger partial charge in [-0.2, -0.15) is 18.2 Å². The van der Waals surface area contributed by atoms with Gasteiger partial charge in [-0.3, -0.25) is 9.52 Å². The largest absolute Gasteiger partial charge is 0.421 e. The van der Waals surface area contributed by atoms with Crippen LogP contribution in [0.5, 0.6) is 0 Å². The molecule has 0 spiro atoms. The van der Waals surface area contributed by atoms with Gasteiger partial charge in [0.05, 0.1) is 5.75 Å². The minimum atomic E-state index is -4.74. The summed E-state index contributed by atoms with van der Waals surface area (Å²) in [6, 6.07) is 7.82. The number of sulfonamides is 1. The molecule has 36 heavy (non-hydrogen) atoms. The van der Waals surface area contributed by atoms with Gasteiger partial charge in [-0.25, -0.2) is 18.4 Å². The first kappa shape index (κ1) is 26.7. The van der Waals surface area contributed by atoms with E-state index in [4.69, 9.17) is 0 Å². The van der Waals surface area contributed by atoms with Crippen LogP contribution in [-0.4, -0.2) is 42.1 Å². The van der Waals surface area contributed by atoms with Crippen LogP contribution in [0.2, 0.25) is 0 Å². The molecule has 0 aliphatic rings. The number of anilines is 4. The van der Waals surface area contributed by atoms with Gasteiger partial charge in [-0.15, -0.1) is 0 Å².